The fourth-order valence-corrected chi connectivity index (χ4v) is 6.99. The summed E-state index contributed by atoms with van der Waals surface area (Å²) in [7, 11) is 3.48. The molecule has 12 heteroatoms. The van der Waals surface area contributed by atoms with Gasteiger partial charge in [0.25, 0.3) is 11.8 Å². The normalized spacial score (nSPS) is 19.7. The van der Waals surface area contributed by atoms with Crippen LogP contribution in [-0.4, -0.2) is 74.1 Å². The number of imide groups is 1. The first-order chi connectivity index (χ1) is 22.7. The van der Waals surface area contributed by atoms with Crippen molar-refractivity contribution in [3.05, 3.63) is 65.2 Å². The number of hydrogen-bond donors (Lipinski definition) is 2. The van der Waals surface area contributed by atoms with Gasteiger partial charge in [-0.05, 0) is 73.2 Å². The van der Waals surface area contributed by atoms with Crippen molar-refractivity contribution >= 4 is 39.8 Å². The summed E-state index contributed by atoms with van der Waals surface area (Å²) in [5.74, 6) is 0.730. The molecule has 0 radical (unpaired) electrons. The van der Waals surface area contributed by atoms with Gasteiger partial charge in [0.15, 0.2) is 5.82 Å². The number of rotatable bonds is 6. The number of methoxy groups -OCH3 is 1. The smallest absolute Gasteiger partial charge is 0.258 e. The minimum atomic E-state index is -1.16. The summed E-state index contributed by atoms with van der Waals surface area (Å²) >= 11 is 0. The second-order valence-electron chi connectivity index (χ2n) is 13.0. The number of nitrogens with one attached hydrogen (secondary N) is 1. The van der Waals surface area contributed by atoms with Crippen molar-refractivity contribution in [3.63, 3.8) is 0 Å². The van der Waals surface area contributed by atoms with Crippen LogP contribution in [0.25, 0.3) is 44.8 Å². The molecule has 1 saturated carbocycles. The largest absolute Gasteiger partial charge is 0.494 e. The molecule has 1 aliphatic carbocycles. The van der Waals surface area contributed by atoms with Gasteiger partial charge in [-0.3, -0.25) is 19.7 Å². The maximum absolute atomic E-state index is 14.3. The Hall–Kier alpha value is -5.10. The van der Waals surface area contributed by atoms with E-state index >= 15 is 0 Å². The van der Waals surface area contributed by atoms with Crippen molar-refractivity contribution in [1.82, 2.24) is 29.3 Å². The number of aryl methyl sites for hydroxylation is 1. The summed E-state index contributed by atoms with van der Waals surface area (Å²) in [4.78, 5) is 49.4. The van der Waals surface area contributed by atoms with Gasteiger partial charge in [0.05, 0.1) is 37.0 Å². The van der Waals surface area contributed by atoms with Gasteiger partial charge in [-0.25, -0.2) is 14.4 Å². The molecule has 3 N–H and O–H groups in total. The number of carbonyl (C=O) groups is 3. The first kappa shape index (κ1) is 29.3. The number of piperidine rings is 1. The molecule has 2 fully saturated rings. The first-order valence-corrected chi connectivity index (χ1v) is 15.9. The van der Waals surface area contributed by atoms with Gasteiger partial charge in [0.2, 0.25) is 5.91 Å². The number of fused-ring (bicyclic) bond motifs is 3. The molecule has 0 bridgehead atoms. The lowest BCUT2D eigenvalue weighted by Crippen LogP contribution is -2.50. The quantitative estimate of drug-likeness (QED) is 0.269. The van der Waals surface area contributed by atoms with Gasteiger partial charge in [-0.15, -0.1) is 0 Å². The minimum Gasteiger partial charge on any atom is -0.494 e. The van der Waals surface area contributed by atoms with Crippen molar-refractivity contribution in [2.24, 2.45) is 18.7 Å². The topological polar surface area (TPSA) is 137 Å². The number of hydrogen-bond acceptors (Lipinski definition) is 7. The van der Waals surface area contributed by atoms with Crippen molar-refractivity contribution in [2.45, 2.75) is 44.4 Å². The standard InChI is InChI=1S/C35H34FN7O4/c1-41-31-27(10-22(12-29(31)47-2)35(46)42-16-23(36)14-24(37)17-42)39-33(41)28-11-20-6-8-26(38-32(20)43(28)15-18-3-4-18)19-5-7-25-21(9-19)13-30(44)40-34(25)45/h5-12,18,23-24H,3-4,13-17,37H2,1-2H3,(H,40,44,45)/t23-,24-/m1/s1. The van der Waals surface area contributed by atoms with E-state index in [1.807, 2.05) is 35.9 Å². The molecule has 11 nitrogen and oxygen atoms in total. The Bertz CT molecular complexity index is 2120. The Morgan fingerprint density at radius 1 is 1.09 bits per heavy atom. The molecule has 3 amide bonds. The summed E-state index contributed by atoms with van der Waals surface area (Å²) in [6.45, 7) is 1.08. The van der Waals surface area contributed by atoms with Crippen molar-refractivity contribution < 1.29 is 23.5 Å². The number of benzene rings is 2. The number of alkyl halides is 1. The Morgan fingerprint density at radius 3 is 2.68 bits per heavy atom. The van der Waals surface area contributed by atoms with Crippen LogP contribution < -0.4 is 15.8 Å². The number of nitrogens with two attached hydrogens (primary N) is 1. The lowest BCUT2D eigenvalue weighted by molar-refractivity contribution is -0.119. The van der Waals surface area contributed by atoms with E-state index in [0.717, 1.165) is 52.9 Å². The number of carbonyl (C=O) groups excluding carboxylic acids is 3. The predicted octanol–water partition coefficient (Wildman–Crippen LogP) is 4.00. The van der Waals surface area contributed by atoms with E-state index in [1.54, 1.807) is 25.3 Å². The van der Waals surface area contributed by atoms with Crippen LogP contribution in [0.5, 0.6) is 5.75 Å². The van der Waals surface area contributed by atoms with E-state index in [-0.39, 0.29) is 37.1 Å². The number of halogens is 1. The van der Waals surface area contributed by atoms with Crippen molar-refractivity contribution in [2.75, 3.05) is 20.2 Å². The molecule has 5 heterocycles. The number of imidazole rings is 1. The van der Waals surface area contributed by atoms with Crippen LogP contribution in [0.3, 0.4) is 0 Å². The van der Waals surface area contributed by atoms with Gasteiger partial charge in [-0.1, -0.05) is 6.07 Å². The van der Waals surface area contributed by atoms with Crippen LogP contribution in [-0.2, 0) is 24.8 Å². The number of likely N-dealkylation sites (tertiary alicyclic amines) is 1. The van der Waals surface area contributed by atoms with Gasteiger partial charge >= 0.3 is 0 Å². The number of pyridine rings is 1. The summed E-state index contributed by atoms with van der Waals surface area (Å²) in [5.41, 5.74) is 12.2. The van der Waals surface area contributed by atoms with E-state index in [1.165, 1.54) is 4.90 Å². The van der Waals surface area contributed by atoms with E-state index in [2.05, 4.69) is 16.0 Å². The molecular weight excluding hydrogens is 601 g/mol. The number of aromatic nitrogens is 4. The molecular formula is C35H34FN7O4. The highest BCUT2D eigenvalue weighted by molar-refractivity contribution is 6.10. The fourth-order valence-electron chi connectivity index (χ4n) is 6.99. The van der Waals surface area contributed by atoms with E-state index < -0.39 is 12.2 Å². The third-order valence-electron chi connectivity index (χ3n) is 9.48. The zero-order valence-electron chi connectivity index (χ0n) is 26.1. The van der Waals surface area contributed by atoms with Crippen LogP contribution in [0.1, 0.15) is 45.5 Å². The van der Waals surface area contributed by atoms with Crippen LogP contribution >= 0.6 is 0 Å². The Kier molecular flexibility index (Phi) is 6.87. The third kappa shape index (κ3) is 5.12. The molecule has 0 unspecified atom stereocenters. The molecule has 0 spiro atoms. The second-order valence-corrected chi connectivity index (χ2v) is 13.0. The molecule has 2 aromatic carbocycles. The summed E-state index contributed by atoms with van der Waals surface area (Å²) in [6, 6.07) is 14.6. The summed E-state index contributed by atoms with van der Waals surface area (Å²) < 4.78 is 24.2. The van der Waals surface area contributed by atoms with Gasteiger partial charge < -0.3 is 24.5 Å². The molecule has 8 rings (SSSR count). The fraction of sp³-hybridized carbons (Fsp3) is 0.343. The highest BCUT2D eigenvalue weighted by Gasteiger charge is 2.31. The average Bonchev–Trinajstić information content (AvgIpc) is 3.72. The van der Waals surface area contributed by atoms with E-state index in [4.69, 9.17) is 20.4 Å². The van der Waals surface area contributed by atoms with Gasteiger partial charge in [0, 0.05) is 48.3 Å². The van der Waals surface area contributed by atoms with Crippen LogP contribution in [0.2, 0.25) is 0 Å². The van der Waals surface area contributed by atoms with E-state index in [9.17, 15) is 18.8 Å². The molecule has 240 valence electrons. The molecule has 1 saturated heterocycles. The molecule has 3 aliphatic rings. The number of amides is 3. The first-order valence-electron chi connectivity index (χ1n) is 15.9. The van der Waals surface area contributed by atoms with Crippen molar-refractivity contribution in [3.8, 4) is 28.5 Å². The van der Waals surface area contributed by atoms with Gasteiger partial charge in [-0.2, -0.15) is 0 Å². The maximum atomic E-state index is 14.3. The highest BCUT2D eigenvalue weighted by atomic mass is 19.1. The monoisotopic (exact) mass is 635 g/mol. The van der Waals surface area contributed by atoms with Crippen molar-refractivity contribution in [1.29, 1.82) is 0 Å². The summed E-state index contributed by atoms with van der Waals surface area (Å²) in [6.07, 6.45) is 1.51. The Labute approximate surface area is 269 Å². The minimum absolute atomic E-state index is 0.00945. The SMILES string of the molecule is COc1cc(C(=O)N2C[C@H](N)C[C@@H](F)C2)cc2nc(-c3cc4ccc(-c5ccc6c(c5)CC(=O)NC6=O)nc4n3CC3CC3)n(C)c12. The van der Waals surface area contributed by atoms with E-state index in [0.29, 0.717) is 46.2 Å². The third-order valence-corrected chi connectivity index (χ3v) is 9.48. The maximum Gasteiger partial charge on any atom is 0.258 e. The lowest BCUT2D eigenvalue weighted by Gasteiger charge is -2.33. The molecule has 3 aromatic heterocycles. The van der Waals surface area contributed by atoms with Crippen LogP contribution in [0.4, 0.5) is 4.39 Å². The number of ether oxygens (including phenoxy) is 1. The Morgan fingerprint density at radius 2 is 1.91 bits per heavy atom. The molecule has 2 atom stereocenters. The summed E-state index contributed by atoms with van der Waals surface area (Å²) in [5, 5.41) is 3.32. The molecule has 2 aliphatic heterocycles. The molecule has 47 heavy (non-hydrogen) atoms. The zero-order valence-corrected chi connectivity index (χ0v) is 26.1. The van der Waals surface area contributed by atoms with Gasteiger partial charge in [0.1, 0.15) is 23.1 Å². The zero-order chi connectivity index (χ0) is 32.6. The number of nitrogens with zero attached hydrogens (tertiary/aromatic N) is 5. The lowest BCUT2D eigenvalue weighted by atomic mass is 9.96. The predicted molar refractivity (Wildman–Crippen MR) is 174 cm³/mol. The van der Waals surface area contributed by atoms with Crippen LogP contribution in [0, 0.1) is 5.92 Å². The second kappa shape index (κ2) is 11.0. The highest BCUT2D eigenvalue weighted by Crippen LogP contribution is 2.38. The average molecular weight is 636 g/mol. The van der Waals surface area contributed by atoms with Crippen LogP contribution in [0.15, 0.2) is 48.5 Å². The Balaban J connectivity index is 1.22. The molecule has 5 aromatic rings.